The van der Waals surface area contributed by atoms with Crippen molar-refractivity contribution in [3.63, 3.8) is 0 Å². The molecule has 0 atom stereocenters. The maximum Gasteiger partial charge on any atom is 0.0726 e. The summed E-state index contributed by atoms with van der Waals surface area (Å²) < 4.78 is 0. The van der Waals surface area contributed by atoms with Gasteiger partial charge in [0.25, 0.3) is 0 Å². The molecule has 1 nitrogen and oxygen atoms in total. The van der Waals surface area contributed by atoms with Crippen LogP contribution in [0.15, 0.2) is 237 Å². The molecule has 0 fully saturated rings. The number of fused-ring (bicyclic) bond motifs is 13. The molecule has 0 saturated heterocycles. The Balaban J connectivity index is 1.11. The van der Waals surface area contributed by atoms with Crippen LogP contribution >= 0.6 is 0 Å². The van der Waals surface area contributed by atoms with Gasteiger partial charge in [0.1, 0.15) is 0 Å². The smallest absolute Gasteiger partial charge is 0.0726 e. The lowest BCUT2D eigenvalue weighted by Crippen LogP contribution is -2.27. The number of nitrogens with zero attached hydrogens (tertiary/aromatic N) is 1. The third-order valence-electron chi connectivity index (χ3n) is 14.7. The molecule has 3 aliphatic rings. The second kappa shape index (κ2) is 14.3. The Morgan fingerprint density at radius 3 is 1.20 bits per heavy atom. The van der Waals surface area contributed by atoms with Crippen molar-refractivity contribution in [3.8, 4) is 66.8 Å². The molecule has 0 N–H and O–H groups in total. The zero-order chi connectivity index (χ0) is 43.3. The van der Waals surface area contributed by atoms with Crippen molar-refractivity contribution in [1.29, 1.82) is 0 Å². The first kappa shape index (κ1) is 37.5. The Labute approximate surface area is 381 Å². The molecule has 0 amide bonds. The minimum absolute atomic E-state index is 0.197. The monoisotopic (exact) mass is 827 g/mol. The fourth-order valence-corrected chi connectivity index (χ4v) is 11.8. The van der Waals surface area contributed by atoms with Gasteiger partial charge in [-0.05, 0) is 137 Å². The van der Waals surface area contributed by atoms with Gasteiger partial charge in [-0.25, -0.2) is 0 Å². The average Bonchev–Trinajstić information content (AvgIpc) is 3.93. The van der Waals surface area contributed by atoms with E-state index in [2.05, 4.69) is 255 Å². The van der Waals surface area contributed by atoms with Crippen LogP contribution in [0.1, 0.15) is 47.2 Å². The molecule has 0 radical (unpaired) electrons. The summed E-state index contributed by atoms with van der Waals surface area (Å²) in [7, 11) is 0. The first-order valence-electron chi connectivity index (χ1n) is 22.8. The second-order valence-corrected chi connectivity index (χ2v) is 18.4. The molecule has 0 saturated carbocycles. The number of rotatable bonds is 6. The topological polar surface area (TPSA) is 3.24 Å². The highest BCUT2D eigenvalue weighted by molar-refractivity contribution is 6.07. The number of hydrogen-bond donors (Lipinski definition) is 0. The fourth-order valence-electron chi connectivity index (χ4n) is 11.8. The van der Waals surface area contributed by atoms with E-state index in [1.807, 2.05) is 0 Å². The molecule has 1 heteroatoms. The summed E-state index contributed by atoms with van der Waals surface area (Å²) in [6.07, 6.45) is 0. The molecule has 0 aromatic heterocycles. The van der Waals surface area contributed by atoms with Crippen LogP contribution in [0, 0.1) is 0 Å². The summed E-state index contributed by atoms with van der Waals surface area (Å²) in [6.45, 7) is 4.85. The molecular weight excluding hydrogens is 783 g/mol. The number of anilines is 3. The maximum absolute atomic E-state index is 2.62. The Bertz CT molecular complexity index is 3340. The fraction of sp³-hybridized carbons (Fsp3) is 0.0625. The Morgan fingerprint density at radius 1 is 0.262 bits per heavy atom. The normalized spacial score (nSPS) is 13.9. The van der Waals surface area contributed by atoms with Gasteiger partial charge in [-0.15, -0.1) is 0 Å². The molecule has 10 aromatic carbocycles. The molecule has 10 aromatic rings. The summed E-state index contributed by atoms with van der Waals surface area (Å²) >= 11 is 0. The molecule has 3 aliphatic carbocycles. The van der Waals surface area contributed by atoms with E-state index in [1.165, 1.54) is 100 Å². The van der Waals surface area contributed by atoms with Gasteiger partial charge in [0.05, 0.1) is 5.41 Å². The van der Waals surface area contributed by atoms with E-state index in [9.17, 15) is 0 Å². The van der Waals surface area contributed by atoms with Gasteiger partial charge in [-0.2, -0.15) is 0 Å². The SMILES string of the molecule is CC1(C)c2ccccc2-c2c1cc1c(c2-c2ccccc2)-c2ccc(N(c3ccc(-c4ccccc4)cc3)c3ccc(-c4ccccc4)cc3)cc2C12c1ccccc1-c1ccccc12. The van der Waals surface area contributed by atoms with E-state index in [-0.39, 0.29) is 5.41 Å². The highest BCUT2D eigenvalue weighted by Gasteiger charge is 2.54. The number of hydrogen-bond acceptors (Lipinski definition) is 1. The minimum Gasteiger partial charge on any atom is -0.310 e. The van der Waals surface area contributed by atoms with E-state index < -0.39 is 5.41 Å². The van der Waals surface area contributed by atoms with Gasteiger partial charge in [0.2, 0.25) is 0 Å². The van der Waals surface area contributed by atoms with E-state index in [0.29, 0.717) is 0 Å². The van der Waals surface area contributed by atoms with Crippen molar-refractivity contribution in [2.24, 2.45) is 0 Å². The van der Waals surface area contributed by atoms with Crippen molar-refractivity contribution < 1.29 is 0 Å². The van der Waals surface area contributed by atoms with Crippen LogP contribution < -0.4 is 4.90 Å². The van der Waals surface area contributed by atoms with Crippen LogP contribution in [-0.2, 0) is 10.8 Å². The molecular formula is C64H45N. The van der Waals surface area contributed by atoms with Crippen LogP contribution in [0.4, 0.5) is 17.1 Å². The molecule has 306 valence electrons. The van der Waals surface area contributed by atoms with Crippen molar-refractivity contribution in [3.05, 3.63) is 270 Å². The first-order chi connectivity index (χ1) is 32.0. The summed E-state index contributed by atoms with van der Waals surface area (Å²) in [6, 6.07) is 88.1. The van der Waals surface area contributed by atoms with Gasteiger partial charge in [0.15, 0.2) is 0 Å². The molecule has 0 aliphatic heterocycles. The zero-order valence-electron chi connectivity index (χ0n) is 36.5. The Hall–Kier alpha value is -8.00. The maximum atomic E-state index is 2.62. The molecule has 65 heavy (non-hydrogen) atoms. The third kappa shape index (κ3) is 5.39. The van der Waals surface area contributed by atoms with Crippen molar-refractivity contribution >= 4 is 17.1 Å². The van der Waals surface area contributed by atoms with E-state index in [4.69, 9.17) is 0 Å². The lowest BCUT2D eigenvalue weighted by atomic mass is 9.69. The second-order valence-electron chi connectivity index (χ2n) is 18.4. The van der Waals surface area contributed by atoms with Gasteiger partial charge in [0, 0.05) is 22.5 Å². The molecule has 13 rings (SSSR count). The zero-order valence-corrected chi connectivity index (χ0v) is 36.5. The van der Waals surface area contributed by atoms with Crippen molar-refractivity contribution in [1.82, 2.24) is 0 Å². The van der Waals surface area contributed by atoms with Crippen LogP contribution in [0.2, 0.25) is 0 Å². The van der Waals surface area contributed by atoms with Gasteiger partial charge in [-0.3, -0.25) is 0 Å². The van der Waals surface area contributed by atoms with E-state index in [0.717, 1.165) is 17.1 Å². The predicted octanol–water partition coefficient (Wildman–Crippen LogP) is 16.8. The van der Waals surface area contributed by atoms with Gasteiger partial charge < -0.3 is 4.90 Å². The first-order valence-corrected chi connectivity index (χ1v) is 22.8. The molecule has 1 spiro atoms. The highest BCUT2D eigenvalue weighted by atomic mass is 15.1. The summed E-state index contributed by atoms with van der Waals surface area (Å²) in [5.41, 5.74) is 26.1. The van der Waals surface area contributed by atoms with E-state index in [1.54, 1.807) is 0 Å². The summed E-state index contributed by atoms with van der Waals surface area (Å²) in [4.78, 5) is 2.45. The summed E-state index contributed by atoms with van der Waals surface area (Å²) in [5.74, 6) is 0. The highest BCUT2D eigenvalue weighted by Crippen LogP contribution is 2.67. The van der Waals surface area contributed by atoms with Crippen molar-refractivity contribution in [2.45, 2.75) is 24.7 Å². The van der Waals surface area contributed by atoms with Crippen LogP contribution in [0.25, 0.3) is 66.8 Å². The van der Waals surface area contributed by atoms with Crippen LogP contribution in [0.3, 0.4) is 0 Å². The van der Waals surface area contributed by atoms with Crippen LogP contribution in [-0.4, -0.2) is 0 Å². The largest absolute Gasteiger partial charge is 0.310 e. The van der Waals surface area contributed by atoms with Gasteiger partial charge >= 0.3 is 0 Å². The quantitative estimate of drug-likeness (QED) is 0.161. The molecule has 0 heterocycles. The standard InChI is InChI=1S/C64H45N/c1-63(2)54-27-15-14-26-52(54)61-58(63)41-59-62(60(61)46-22-10-5-11-23-46)53-39-38-49(40-57(53)64(59)55-28-16-12-24-50(55)51-25-13-17-29-56(51)64)65(47-34-30-44(31-35-47)42-18-6-3-7-19-42)48-36-32-45(33-37-48)43-20-8-4-9-21-43/h3-41H,1-2H3. The van der Waals surface area contributed by atoms with Gasteiger partial charge in [-0.1, -0.05) is 214 Å². The Kier molecular flexibility index (Phi) is 8.24. The number of benzene rings is 10. The predicted molar refractivity (Wildman–Crippen MR) is 271 cm³/mol. The minimum atomic E-state index is -0.558. The average molecular weight is 828 g/mol. The summed E-state index contributed by atoms with van der Waals surface area (Å²) in [5, 5.41) is 0. The lowest BCUT2D eigenvalue weighted by Gasteiger charge is -2.33. The third-order valence-corrected chi connectivity index (χ3v) is 14.7. The van der Waals surface area contributed by atoms with Crippen LogP contribution in [0.5, 0.6) is 0 Å². The molecule has 0 bridgehead atoms. The Morgan fingerprint density at radius 2 is 0.662 bits per heavy atom. The van der Waals surface area contributed by atoms with E-state index >= 15 is 0 Å². The lowest BCUT2D eigenvalue weighted by molar-refractivity contribution is 0.657. The van der Waals surface area contributed by atoms with Crippen molar-refractivity contribution in [2.75, 3.05) is 4.90 Å². The molecule has 0 unspecified atom stereocenters.